The number of hydrogen-bond acceptors (Lipinski definition) is 3. The summed E-state index contributed by atoms with van der Waals surface area (Å²) in [5.74, 6) is -5.32. The van der Waals surface area contributed by atoms with Gasteiger partial charge in [0, 0.05) is 6.07 Å². The summed E-state index contributed by atoms with van der Waals surface area (Å²) in [6.45, 7) is 3.78. The van der Waals surface area contributed by atoms with Gasteiger partial charge in [-0.15, -0.1) is 0 Å². The van der Waals surface area contributed by atoms with Gasteiger partial charge in [-0.25, -0.2) is 21.6 Å². The molecule has 9 heteroatoms. The quantitative estimate of drug-likeness (QED) is 0.588. The highest BCUT2D eigenvalue weighted by atomic mass is 32.2. The zero-order valence-electron chi connectivity index (χ0n) is 17.6. The van der Waals surface area contributed by atoms with Gasteiger partial charge in [-0.05, 0) is 48.2 Å². The van der Waals surface area contributed by atoms with Gasteiger partial charge in [-0.3, -0.25) is 9.10 Å². The third-order valence-corrected chi connectivity index (χ3v) is 6.30. The number of aryl methyl sites for hydroxylation is 2. The van der Waals surface area contributed by atoms with Crippen molar-refractivity contribution in [1.29, 1.82) is 0 Å². The van der Waals surface area contributed by atoms with Crippen LogP contribution in [0.3, 0.4) is 0 Å². The van der Waals surface area contributed by atoms with Crippen LogP contribution >= 0.6 is 0 Å². The molecule has 0 saturated heterocycles. The van der Waals surface area contributed by atoms with Gasteiger partial charge in [0.15, 0.2) is 0 Å². The van der Waals surface area contributed by atoms with E-state index in [2.05, 4.69) is 0 Å². The molecule has 0 aliphatic rings. The largest absolute Gasteiger partial charge is 0.365 e. The topological polar surface area (TPSA) is 80.5 Å². The highest BCUT2D eigenvalue weighted by molar-refractivity contribution is 7.92. The molecule has 3 aromatic rings. The van der Waals surface area contributed by atoms with Crippen molar-refractivity contribution in [1.82, 2.24) is 0 Å². The maximum Gasteiger partial charge on any atom is 0.254 e. The zero-order valence-corrected chi connectivity index (χ0v) is 18.4. The van der Waals surface area contributed by atoms with Gasteiger partial charge < -0.3 is 5.73 Å². The van der Waals surface area contributed by atoms with Crippen molar-refractivity contribution in [3.63, 3.8) is 0 Å². The molecule has 0 saturated carbocycles. The smallest absolute Gasteiger partial charge is 0.254 e. The summed E-state index contributed by atoms with van der Waals surface area (Å²) in [7, 11) is -3.62. The predicted molar refractivity (Wildman–Crippen MR) is 117 cm³/mol. The fourth-order valence-corrected chi connectivity index (χ4v) is 4.18. The highest BCUT2D eigenvalue weighted by Crippen LogP contribution is 2.31. The van der Waals surface area contributed by atoms with Gasteiger partial charge >= 0.3 is 0 Å². The van der Waals surface area contributed by atoms with Crippen LogP contribution < -0.4 is 10.0 Å². The van der Waals surface area contributed by atoms with Crippen LogP contribution in [0.25, 0.3) is 11.1 Å². The Morgan fingerprint density at radius 2 is 1.56 bits per heavy atom. The lowest BCUT2D eigenvalue weighted by atomic mass is 9.99. The van der Waals surface area contributed by atoms with Gasteiger partial charge in [0.05, 0.1) is 24.1 Å². The Morgan fingerprint density at radius 1 is 0.938 bits per heavy atom. The average molecular weight is 462 g/mol. The number of rotatable bonds is 6. The Balaban J connectivity index is 1.99. The van der Waals surface area contributed by atoms with Crippen LogP contribution in [0.4, 0.5) is 18.9 Å². The minimum absolute atomic E-state index is 0.0114. The fraction of sp³-hybridized carbons (Fsp3) is 0.174. The Morgan fingerprint density at radius 3 is 2.09 bits per heavy atom. The van der Waals surface area contributed by atoms with Crippen molar-refractivity contribution in [2.75, 3.05) is 10.6 Å². The summed E-state index contributed by atoms with van der Waals surface area (Å²) in [5, 5.41) is 0. The molecule has 32 heavy (non-hydrogen) atoms. The number of carbonyl (C=O) groups excluding carboxylic acids is 1. The van der Waals surface area contributed by atoms with Crippen LogP contribution in [0.1, 0.15) is 27.0 Å². The van der Waals surface area contributed by atoms with E-state index in [0.29, 0.717) is 17.3 Å². The third-order valence-electron chi connectivity index (χ3n) is 5.16. The number of benzene rings is 3. The van der Waals surface area contributed by atoms with Crippen LogP contribution in [0.2, 0.25) is 0 Å². The van der Waals surface area contributed by atoms with E-state index >= 15 is 0 Å². The number of nitrogens with two attached hydrogens (primary N) is 1. The Labute approximate surface area is 184 Å². The van der Waals surface area contributed by atoms with E-state index in [9.17, 15) is 26.4 Å². The number of amides is 1. The number of hydrogen-bond donors (Lipinski definition) is 1. The van der Waals surface area contributed by atoms with Crippen molar-refractivity contribution >= 4 is 21.6 Å². The van der Waals surface area contributed by atoms with Crippen molar-refractivity contribution in [2.24, 2.45) is 5.73 Å². The molecule has 1 amide bonds. The SMILES string of the molecule is Cc1ccc(N(Cc2ccc(-c3c(F)cc(F)c(C(N)=O)c3F)cc2)S(C)(=O)=O)cc1C. The predicted octanol–water partition coefficient (Wildman–Crippen LogP) is 4.45. The lowest BCUT2D eigenvalue weighted by Crippen LogP contribution is -2.29. The monoisotopic (exact) mass is 462 g/mol. The Hall–Kier alpha value is -3.33. The summed E-state index contributed by atoms with van der Waals surface area (Å²) >= 11 is 0. The molecular formula is C23H21F3N2O3S. The molecule has 0 spiro atoms. The second-order valence-corrected chi connectivity index (χ2v) is 9.41. The van der Waals surface area contributed by atoms with Gasteiger partial charge in [0.2, 0.25) is 10.0 Å². The molecule has 0 bridgehead atoms. The number of primary amides is 1. The first-order valence-electron chi connectivity index (χ1n) is 9.51. The maximum atomic E-state index is 14.6. The molecule has 5 nitrogen and oxygen atoms in total. The van der Waals surface area contributed by atoms with E-state index in [1.165, 1.54) is 28.6 Å². The summed E-state index contributed by atoms with van der Waals surface area (Å²) in [6, 6.07) is 11.4. The van der Waals surface area contributed by atoms with Crippen LogP contribution in [0.15, 0.2) is 48.5 Å². The van der Waals surface area contributed by atoms with E-state index in [-0.39, 0.29) is 12.1 Å². The van der Waals surface area contributed by atoms with Gasteiger partial charge in [-0.2, -0.15) is 0 Å². The van der Waals surface area contributed by atoms with Gasteiger partial charge in [0.1, 0.15) is 23.0 Å². The van der Waals surface area contributed by atoms with Crippen LogP contribution in [-0.2, 0) is 16.6 Å². The van der Waals surface area contributed by atoms with E-state index in [1.54, 1.807) is 12.1 Å². The van der Waals surface area contributed by atoms with Crippen LogP contribution in [-0.4, -0.2) is 20.6 Å². The third kappa shape index (κ3) is 4.62. The first-order valence-corrected chi connectivity index (χ1v) is 11.4. The number of nitrogens with zero attached hydrogens (tertiary/aromatic N) is 1. The highest BCUT2D eigenvalue weighted by Gasteiger charge is 2.24. The normalized spacial score (nSPS) is 11.4. The minimum Gasteiger partial charge on any atom is -0.365 e. The lowest BCUT2D eigenvalue weighted by molar-refractivity contribution is 0.0992. The van der Waals surface area contributed by atoms with E-state index < -0.39 is 44.5 Å². The van der Waals surface area contributed by atoms with Crippen LogP contribution in [0, 0.1) is 31.3 Å². The summed E-state index contributed by atoms with van der Waals surface area (Å²) in [6.07, 6.45) is 1.09. The van der Waals surface area contributed by atoms with Crippen molar-refractivity contribution in [2.45, 2.75) is 20.4 Å². The Bertz CT molecular complexity index is 1310. The molecule has 0 heterocycles. The van der Waals surface area contributed by atoms with Gasteiger partial charge in [-0.1, -0.05) is 30.3 Å². The molecule has 168 valence electrons. The van der Waals surface area contributed by atoms with Crippen molar-refractivity contribution in [3.05, 3.63) is 88.2 Å². The standard InChI is InChI=1S/C23H21F3N2O3S/c1-13-4-9-17(10-14(13)2)28(32(3,30)31)12-15-5-7-16(8-6-15)20-18(24)11-19(25)21(22(20)26)23(27)29/h4-11H,12H2,1-3H3,(H2,27,29). The summed E-state index contributed by atoms with van der Waals surface area (Å²) in [4.78, 5) is 11.3. The molecule has 3 aromatic carbocycles. The number of carbonyl (C=O) groups is 1. The van der Waals surface area contributed by atoms with Crippen molar-refractivity contribution in [3.8, 4) is 11.1 Å². The molecule has 0 aliphatic carbocycles. The van der Waals surface area contributed by atoms with E-state index in [4.69, 9.17) is 5.73 Å². The lowest BCUT2D eigenvalue weighted by Gasteiger charge is -2.23. The molecule has 0 aliphatic heterocycles. The van der Waals surface area contributed by atoms with Crippen molar-refractivity contribution < 1.29 is 26.4 Å². The number of halogens is 3. The summed E-state index contributed by atoms with van der Waals surface area (Å²) < 4.78 is 68.7. The van der Waals surface area contributed by atoms with E-state index in [1.807, 2.05) is 19.9 Å². The minimum atomic E-state index is -3.62. The maximum absolute atomic E-state index is 14.6. The molecule has 0 fully saturated rings. The molecule has 2 N–H and O–H groups in total. The second-order valence-electron chi connectivity index (χ2n) is 7.50. The van der Waals surface area contributed by atoms with Crippen LogP contribution in [0.5, 0.6) is 0 Å². The van der Waals surface area contributed by atoms with E-state index in [0.717, 1.165) is 17.4 Å². The number of anilines is 1. The molecule has 0 radical (unpaired) electrons. The molecular weight excluding hydrogens is 441 g/mol. The molecule has 0 atom stereocenters. The first kappa shape index (κ1) is 23.3. The second kappa shape index (κ2) is 8.66. The van der Waals surface area contributed by atoms with Gasteiger partial charge in [0.25, 0.3) is 5.91 Å². The number of sulfonamides is 1. The average Bonchev–Trinajstić information content (AvgIpc) is 2.68. The fourth-order valence-electron chi connectivity index (χ4n) is 3.30. The Kier molecular flexibility index (Phi) is 6.32. The zero-order chi connectivity index (χ0) is 23.8. The summed E-state index contributed by atoms with van der Waals surface area (Å²) in [5.41, 5.74) is 6.41. The molecule has 3 rings (SSSR count). The molecule has 0 aromatic heterocycles. The first-order chi connectivity index (χ1) is 14.9. The molecule has 0 unspecified atom stereocenters.